The highest BCUT2D eigenvalue weighted by molar-refractivity contribution is 6.15. The predicted octanol–water partition coefficient (Wildman–Crippen LogP) is 5.60. The number of hydrogen-bond donors (Lipinski definition) is 0. The number of allylic oxidation sites excluding steroid dienone is 1. The van der Waals surface area contributed by atoms with E-state index in [4.69, 9.17) is 9.15 Å². The van der Waals surface area contributed by atoms with Crippen molar-refractivity contribution >= 4 is 22.6 Å². The molecule has 0 unspecified atom stereocenters. The molecule has 4 rings (SSSR count). The van der Waals surface area contributed by atoms with E-state index >= 15 is 0 Å². The molecule has 32 heavy (non-hydrogen) atoms. The fourth-order valence-corrected chi connectivity index (χ4v) is 4.53. The first kappa shape index (κ1) is 21.9. The highest BCUT2D eigenvalue weighted by Gasteiger charge is 2.29. The van der Waals surface area contributed by atoms with Crippen molar-refractivity contribution in [2.45, 2.75) is 46.0 Å². The Hall–Kier alpha value is -3.34. The van der Waals surface area contributed by atoms with Gasteiger partial charge in [0, 0.05) is 23.7 Å². The Kier molecular flexibility index (Phi) is 6.17. The van der Waals surface area contributed by atoms with Crippen LogP contribution in [0.5, 0.6) is 5.75 Å². The number of nitrogens with zero attached hydrogens (tertiary/aromatic N) is 1. The average Bonchev–Trinajstić information content (AvgIpc) is 2.80. The molecule has 0 radical (unpaired) electrons. The number of fused-ring (bicyclic) bond motifs is 2. The molecule has 3 aromatic rings. The average molecular weight is 432 g/mol. The Morgan fingerprint density at radius 1 is 1.25 bits per heavy atom. The number of para-hydroxylation sites is 1. The maximum Gasteiger partial charge on any atom is 0.336 e. The van der Waals surface area contributed by atoms with Crippen molar-refractivity contribution < 1.29 is 13.9 Å². The monoisotopic (exact) mass is 431 g/mol. The molecule has 2 heterocycles. The highest BCUT2D eigenvalue weighted by atomic mass is 16.5. The molecule has 0 spiro atoms. The summed E-state index contributed by atoms with van der Waals surface area (Å²) in [4.78, 5) is 28.2. The van der Waals surface area contributed by atoms with Gasteiger partial charge in [0.25, 0.3) is 5.91 Å². The minimum Gasteiger partial charge on any atom is -0.496 e. The maximum atomic E-state index is 13.9. The molecule has 0 N–H and O–H groups in total. The van der Waals surface area contributed by atoms with Gasteiger partial charge in [0.2, 0.25) is 0 Å². The van der Waals surface area contributed by atoms with Gasteiger partial charge in [0.05, 0.1) is 7.11 Å². The number of amides is 1. The number of carbonyl (C=O) groups is 1. The summed E-state index contributed by atoms with van der Waals surface area (Å²) in [5.41, 5.74) is 5.10. The third-order valence-electron chi connectivity index (χ3n) is 6.30. The first-order valence-corrected chi connectivity index (χ1v) is 11.1. The third-order valence-corrected chi connectivity index (χ3v) is 6.30. The van der Waals surface area contributed by atoms with Gasteiger partial charge >= 0.3 is 5.63 Å². The lowest BCUT2D eigenvalue weighted by molar-refractivity contribution is 0.0982. The van der Waals surface area contributed by atoms with E-state index in [0.29, 0.717) is 29.9 Å². The zero-order valence-corrected chi connectivity index (χ0v) is 19.0. The summed E-state index contributed by atoms with van der Waals surface area (Å²) in [6, 6.07) is 11.3. The lowest BCUT2D eigenvalue weighted by Gasteiger charge is -2.30. The summed E-state index contributed by atoms with van der Waals surface area (Å²) in [6.45, 7) is 8.72. The summed E-state index contributed by atoms with van der Waals surface area (Å²) in [7, 11) is 1.54. The molecule has 2 aromatic carbocycles. The van der Waals surface area contributed by atoms with E-state index in [9.17, 15) is 9.59 Å². The Labute approximate surface area is 188 Å². The molecule has 0 saturated carbocycles. The molecule has 5 nitrogen and oxygen atoms in total. The number of aryl methyl sites for hydroxylation is 3. The van der Waals surface area contributed by atoms with Crippen molar-refractivity contribution in [2.24, 2.45) is 0 Å². The zero-order valence-electron chi connectivity index (χ0n) is 19.0. The van der Waals surface area contributed by atoms with Crippen LogP contribution in [-0.2, 0) is 12.8 Å². The second kappa shape index (κ2) is 9.03. The first-order valence-electron chi connectivity index (χ1n) is 11.1. The molecule has 0 aliphatic carbocycles. The Morgan fingerprint density at radius 3 is 2.78 bits per heavy atom. The molecule has 0 fully saturated rings. The van der Waals surface area contributed by atoms with E-state index in [1.165, 1.54) is 13.2 Å². The predicted molar refractivity (Wildman–Crippen MR) is 128 cm³/mol. The van der Waals surface area contributed by atoms with Gasteiger partial charge in [0.1, 0.15) is 11.3 Å². The zero-order chi connectivity index (χ0) is 22.8. The second-order valence-corrected chi connectivity index (χ2v) is 8.36. The van der Waals surface area contributed by atoms with Gasteiger partial charge in [-0.05, 0) is 67.9 Å². The molecule has 166 valence electrons. The number of methoxy groups -OCH3 is 1. The number of hydrogen-bond acceptors (Lipinski definition) is 4. The van der Waals surface area contributed by atoms with Gasteiger partial charge in [0.15, 0.2) is 5.58 Å². The normalized spacial score (nSPS) is 13.2. The number of ether oxygens (including phenoxy) is 1. The van der Waals surface area contributed by atoms with Gasteiger partial charge in [-0.25, -0.2) is 4.79 Å². The van der Waals surface area contributed by atoms with E-state index in [1.54, 1.807) is 4.90 Å². The summed E-state index contributed by atoms with van der Waals surface area (Å²) >= 11 is 0. The van der Waals surface area contributed by atoms with Crippen LogP contribution in [0.4, 0.5) is 5.69 Å². The third kappa shape index (κ3) is 3.95. The maximum absolute atomic E-state index is 13.9. The molecule has 0 atom stereocenters. The fraction of sp³-hybridized carbons (Fsp3) is 0.333. The summed E-state index contributed by atoms with van der Waals surface area (Å²) < 4.78 is 11.3. The number of rotatable bonds is 6. The van der Waals surface area contributed by atoms with Crippen molar-refractivity contribution in [1.29, 1.82) is 0 Å². The molecular formula is C27H29NO4. The van der Waals surface area contributed by atoms with E-state index in [1.807, 2.05) is 31.2 Å². The van der Waals surface area contributed by atoms with Crippen LogP contribution in [0.1, 0.15) is 53.2 Å². The Balaban J connectivity index is 1.90. The van der Waals surface area contributed by atoms with Crippen LogP contribution in [0, 0.1) is 6.92 Å². The van der Waals surface area contributed by atoms with Crippen LogP contribution in [0.15, 0.2) is 57.8 Å². The smallest absolute Gasteiger partial charge is 0.336 e. The lowest BCUT2D eigenvalue weighted by Crippen LogP contribution is -2.36. The van der Waals surface area contributed by atoms with Crippen LogP contribution < -0.4 is 15.3 Å². The van der Waals surface area contributed by atoms with E-state index in [2.05, 4.69) is 19.6 Å². The SMILES string of the molecule is C=C(CC)CCc1cc(=O)oc2c(C(=O)N3CCCc4ccccc43)c(OC)cc(C)c12. The summed E-state index contributed by atoms with van der Waals surface area (Å²) in [6.07, 6.45) is 4.16. The van der Waals surface area contributed by atoms with Gasteiger partial charge in [-0.2, -0.15) is 0 Å². The molecule has 0 bridgehead atoms. The van der Waals surface area contributed by atoms with Crippen LogP contribution in [0.3, 0.4) is 0 Å². The second-order valence-electron chi connectivity index (χ2n) is 8.36. The van der Waals surface area contributed by atoms with E-state index in [-0.39, 0.29) is 5.91 Å². The van der Waals surface area contributed by atoms with Crippen molar-refractivity contribution in [3.63, 3.8) is 0 Å². The largest absolute Gasteiger partial charge is 0.496 e. The van der Waals surface area contributed by atoms with Gasteiger partial charge in [-0.15, -0.1) is 0 Å². The van der Waals surface area contributed by atoms with Crippen molar-refractivity contribution in [3.05, 3.63) is 81.2 Å². The van der Waals surface area contributed by atoms with Crippen molar-refractivity contribution in [2.75, 3.05) is 18.6 Å². The van der Waals surface area contributed by atoms with Crippen LogP contribution in [0.25, 0.3) is 11.0 Å². The van der Waals surface area contributed by atoms with Crippen LogP contribution in [-0.4, -0.2) is 19.6 Å². The van der Waals surface area contributed by atoms with Gasteiger partial charge in [-0.3, -0.25) is 4.79 Å². The van der Waals surface area contributed by atoms with E-state index < -0.39 is 5.63 Å². The summed E-state index contributed by atoms with van der Waals surface area (Å²) in [5.74, 6) is 0.207. The van der Waals surface area contributed by atoms with Gasteiger partial charge < -0.3 is 14.1 Å². The molecule has 1 aliphatic heterocycles. The molecular weight excluding hydrogens is 402 g/mol. The Bertz CT molecular complexity index is 1250. The molecule has 5 heteroatoms. The number of carbonyl (C=O) groups excluding carboxylic acids is 1. The van der Waals surface area contributed by atoms with Gasteiger partial charge in [-0.1, -0.05) is 37.3 Å². The molecule has 0 saturated heterocycles. The Morgan fingerprint density at radius 2 is 2.03 bits per heavy atom. The van der Waals surface area contributed by atoms with Crippen LogP contribution in [0.2, 0.25) is 0 Å². The molecule has 1 aliphatic rings. The number of benzene rings is 2. The minimum atomic E-state index is -0.463. The quantitative estimate of drug-likeness (QED) is 0.376. The fourth-order valence-electron chi connectivity index (χ4n) is 4.53. The van der Waals surface area contributed by atoms with Crippen molar-refractivity contribution in [1.82, 2.24) is 0 Å². The van der Waals surface area contributed by atoms with Crippen LogP contribution >= 0.6 is 0 Å². The molecule has 1 amide bonds. The van der Waals surface area contributed by atoms with Crippen molar-refractivity contribution in [3.8, 4) is 5.75 Å². The first-order chi connectivity index (χ1) is 15.4. The standard InChI is InChI=1S/C27H29NO4/c1-5-17(2)12-13-20-16-23(29)32-26-24(20)18(3)15-22(31-4)25(26)27(30)28-14-8-10-19-9-6-7-11-21(19)28/h6-7,9,11,15-16H,2,5,8,10,12-14H2,1,3-4H3. The topological polar surface area (TPSA) is 59.8 Å². The highest BCUT2D eigenvalue weighted by Crippen LogP contribution is 2.36. The number of anilines is 1. The summed E-state index contributed by atoms with van der Waals surface area (Å²) in [5, 5.41) is 0.808. The molecule has 1 aromatic heterocycles. The minimum absolute atomic E-state index is 0.211. The van der Waals surface area contributed by atoms with E-state index in [0.717, 1.165) is 59.0 Å². The lowest BCUT2D eigenvalue weighted by atomic mass is 9.95.